The number of rotatable bonds is 4. The largest absolute Gasteiger partial charge is 0.465 e. The summed E-state index contributed by atoms with van der Waals surface area (Å²) in [4.78, 5) is 24.0. The van der Waals surface area contributed by atoms with Crippen LogP contribution in [-0.2, 0) is 11.3 Å². The van der Waals surface area contributed by atoms with E-state index >= 15 is 0 Å². The number of benzene rings is 1. The predicted molar refractivity (Wildman–Crippen MR) is 89.1 cm³/mol. The van der Waals surface area contributed by atoms with Gasteiger partial charge in [0.05, 0.1) is 15.7 Å². The van der Waals surface area contributed by atoms with Gasteiger partial charge in [-0.3, -0.25) is 9.69 Å². The average molecular weight is 368 g/mol. The standard InChI is InChI=1S/C14H17Cl3N2O3/c1-14(2,3)19(13(21)22)7-8-4-9(16)12(10(17)5-8)18-11(20)6-15/h4-5H,6-7H2,1-3H3,(H,18,20)(H,21,22). The van der Waals surface area contributed by atoms with Crippen LogP contribution in [0.2, 0.25) is 10.0 Å². The van der Waals surface area contributed by atoms with Crippen molar-refractivity contribution < 1.29 is 14.7 Å². The Morgan fingerprint density at radius 1 is 1.23 bits per heavy atom. The molecule has 0 aliphatic heterocycles. The number of carbonyl (C=O) groups is 2. The maximum Gasteiger partial charge on any atom is 0.408 e. The Kier molecular flexibility index (Phi) is 6.35. The Hall–Kier alpha value is -1.17. The molecule has 1 aromatic rings. The zero-order valence-corrected chi connectivity index (χ0v) is 14.7. The first kappa shape index (κ1) is 18.9. The highest BCUT2D eigenvalue weighted by atomic mass is 35.5. The van der Waals surface area contributed by atoms with Crippen LogP contribution >= 0.6 is 34.8 Å². The average Bonchev–Trinajstić information content (AvgIpc) is 2.38. The molecule has 5 nitrogen and oxygen atoms in total. The lowest BCUT2D eigenvalue weighted by Gasteiger charge is -2.33. The normalized spacial score (nSPS) is 11.2. The van der Waals surface area contributed by atoms with Gasteiger partial charge in [-0.05, 0) is 38.5 Å². The highest BCUT2D eigenvalue weighted by Crippen LogP contribution is 2.33. The van der Waals surface area contributed by atoms with Gasteiger partial charge in [-0.15, -0.1) is 11.6 Å². The summed E-state index contributed by atoms with van der Waals surface area (Å²) in [5, 5.41) is 12.2. The number of halogens is 3. The molecule has 1 rings (SSSR count). The van der Waals surface area contributed by atoms with Crippen molar-refractivity contribution in [2.24, 2.45) is 0 Å². The van der Waals surface area contributed by atoms with Crippen molar-refractivity contribution in [3.8, 4) is 0 Å². The third kappa shape index (κ3) is 4.93. The topological polar surface area (TPSA) is 69.6 Å². The van der Waals surface area contributed by atoms with Gasteiger partial charge in [0.1, 0.15) is 5.88 Å². The fraction of sp³-hybridized carbons (Fsp3) is 0.429. The van der Waals surface area contributed by atoms with Crippen LogP contribution < -0.4 is 5.32 Å². The zero-order valence-electron chi connectivity index (χ0n) is 12.4. The molecule has 0 spiro atoms. The van der Waals surface area contributed by atoms with Crippen LogP contribution in [0.15, 0.2) is 12.1 Å². The Bertz CT molecular complexity index is 562. The second-order valence-electron chi connectivity index (χ2n) is 5.66. The molecule has 22 heavy (non-hydrogen) atoms. The lowest BCUT2D eigenvalue weighted by Crippen LogP contribution is -2.44. The molecule has 0 heterocycles. The Labute approximate surface area is 144 Å². The lowest BCUT2D eigenvalue weighted by molar-refractivity contribution is -0.113. The highest BCUT2D eigenvalue weighted by Gasteiger charge is 2.26. The molecule has 122 valence electrons. The summed E-state index contributed by atoms with van der Waals surface area (Å²) < 4.78 is 0. The molecular formula is C14H17Cl3N2O3. The monoisotopic (exact) mass is 366 g/mol. The molecule has 1 aromatic carbocycles. The van der Waals surface area contributed by atoms with E-state index < -0.39 is 17.5 Å². The van der Waals surface area contributed by atoms with Gasteiger partial charge in [-0.25, -0.2) is 4.79 Å². The summed E-state index contributed by atoms with van der Waals surface area (Å²) in [6.45, 7) is 5.50. The van der Waals surface area contributed by atoms with E-state index in [9.17, 15) is 14.7 Å². The number of hydrogen-bond acceptors (Lipinski definition) is 2. The molecule has 0 saturated heterocycles. The van der Waals surface area contributed by atoms with E-state index in [0.717, 1.165) is 0 Å². The van der Waals surface area contributed by atoms with Gasteiger partial charge < -0.3 is 10.4 Å². The van der Waals surface area contributed by atoms with E-state index in [0.29, 0.717) is 5.56 Å². The number of hydrogen-bond donors (Lipinski definition) is 2. The zero-order chi connectivity index (χ0) is 17.1. The number of alkyl halides is 1. The smallest absolute Gasteiger partial charge is 0.408 e. The molecule has 2 N–H and O–H groups in total. The van der Waals surface area contributed by atoms with Gasteiger partial charge in [0.2, 0.25) is 5.91 Å². The fourth-order valence-corrected chi connectivity index (χ4v) is 2.48. The van der Waals surface area contributed by atoms with Crippen molar-refractivity contribution in [1.29, 1.82) is 0 Å². The van der Waals surface area contributed by atoms with Gasteiger partial charge in [0, 0.05) is 12.1 Å². The van der Waals surface area contributed by atoms with E-state index in [1.165, 1.54) is 4.90 Å². The van der Waals surface area contributed by atoms with Crippen LogP contribution in [0.4, 0.5) is 10.5 Å². The first-order valence-electron chi connectivity index (χ1n) is 6.40. The van der Waals surface area contributed by atoms with E-state index in [4.69, 9.17) is 34.8 Å². The number of nitrogens with one attached hydrogen (secondary N) is 1. The molecular weight excluding hydrogens is 351 g/mol. The van der Waals surface area contributed by atoms with Crippen molar-refractivity contribution in [3.63, 3.8) is 0 Å². The Balaban J connectivity index is 3.08. The number of carbonyl (C=O) groups excluding carboxylic acids is 1. The van der Waals surface area contributed by atoms with Crippen molar-refractivity contribution in [2.45, 2.75) is 32.9 Å². The maximum absolute atomic E-state index is 11.4. The Morgan fingerprint density at radius 3 is 2.09 bits per heavy atom. The molecule has 0 bridgehead atoms. The van der Waals surface area contributed by atoms with Gasteiger partial charge >= 0.3 is 6.09 Å². The summed E-state index contributed by atoms with van der Waals surface area (Å²) in [6.07, 6.45) is -1.04. The van der Waals surface area contributed by atoms with Gasteiger partial charge in [0.25, 0.3) is 0 Å². The first-order chi connectivity index (χ1) is 10.1. The lowest BCUT2D eigenvalue weighted by atomic mass is 10.1. The summed E-state index contributed by atoms with van der Waals surface area (Å²) in [5.41, 5.74) is 0.308. The molecule has 0 aliphatic carbocycles. The van der Waals surface area contributed by atoms with E-state index in [1.807, 2.05) is 0 Å². The van der Waals surface area contributed by atoms with E-state index in [-0.39, 0.29) is 28.2 Å². The van der Waals surface area contributed by atoms with Gasteiger partial charge in [0.15, 0.2) is 0 Å². The second-order valence-corrected chi connectivity index (χ2v) is 6.74. The molecule has 2 amide bonds. The number of nitrogens with zero attached hydrogens (tertiary/aromatic N) is 1. The number of amides is 2. The van der Waals surface area contributed by atoms with Crippen molar-refractivity contribution in [1.82, 2.24) is 4.90 Å². The van der Waals surface area contributed by atoms with Crippen molar-refractivity contribution in [3.05, 3.63) is 27.7 Å². The molecule has 0 radical (unpaired) electrons. The number of anilines is 1. The van der Waals surface area contributed by atoms with Gasteiger partial charge in [-0.1, -0.05) is 23.2 Å². The summed E-state index contributed by atoms with van der Waals surface area (Å²) >= 11 is 17.6. The minimum absolute atomic E-state index is 0.127. The molecule has 0 fully saturated rings. The van der Waals surface area contributed by atoms with Crippen LogP contribution in [0.3, 0.4) is 0 Å². The van der Waals surface area contributed by atoms with Crippen LogP contribution in [0.25, 0.3) is 0 Å². The fourth-order valence-electron chi connectivity index (χ4n) is 1.78. The second kappa shape index (κ2) is 7.40. The third-order valence-corrected chi connectivity index (χ3v) is 3.71. The highest BCUT2D eigenvalue weighted by molar-refractivity contribution is 6.40. The molecule has 0 aromatic heterocycles. The minimum atomic E-state index is -1.04. The molecule has 0 saturated carbocycles. The summed E-state index contributed by atoms with van der Waals surface area (Å²) in [7, 11) is 0. The molecule has 0 aliphatic rings. The van der Waals surface area contributed by atoms with Crippen molar-refractivity contribution in [2.75, 3.05) is 11.2 Å². The SMILES string of the molecule is CC(C)(C)N(Cc1cc(Cl)c(NC(=O)CCl)c(Cl)c1)C(=O)O. The maximum atomic E-state index is 11.4. The minimum Gasteiger partial charge on any atom is -0.465 e. The van der Waals surface area contributed by atoms with Crippen LogP contribution in [0.5, 0.6) is 0 Å². The van der Waals surface area contributed by atoms with Crippen LogP contribution in [0.1, 0.15) is 26.3 Å². The molecule has 8 heteroatoms. The van der Waals surface area contributed by atoms with E-state index in [2.05, 4.69) is 5.32 Å². The van der Waals surface area contributed by atoms with E-state index in [1.54, 1.807) is 32.9 Å². The predicted octanol–water partition coefficient (Wildman–Crippen LogP) is 4.45. The Morgan fingerprint density at radius 2 is 1.73 bits per heavy atom. The third-order valence-electron chi connectivity index (χ3n) is 2.87. The van der Waals surface area contributed by atoms with Crippen LogP contribution in [-0.4, -0.2) is 33.4 Å². The van der Waals surface area contributed by atoms with Crippen molar-refractivity contribution >= 4 is 52.5 Å². The summed E-state index contributed by atoms with van der Waals surface area (Å²) in [5.74, 6) is -0.648. The number of carboxylic acid groups (broad SMARTS) is 1. The quantitative estimate of drug-likeness (QED) is 0.772. The summed E-state index contributed by atoms with van der Waals surface area (Å²) in [6, 6.07) is 3.14. The first-order valence-corrected chi connectivity index (χ1v) is 7.69. The van der Waals surface area contributed by atoms with Gasteiger partial charge in [-0.2, -0.15) is 0 Å². The van der Waals surface area contributed by atoms with Crippen LogP contribution in [0, 0.1) is 0 Å². The molecule has 0 atom stereocenters. The molecule has 0 unspecified atom stereocenters.